The van der Waals surface area contributed by atoms with E-state index in [0.29, 0.717) is 12.8 Å². The molecule has 1 aromatic heterocycles. The van der Waals surface area contributed by atoms with E-state index in [2.05, 4.69) is 39.3 Å². The number of likely N-dealkylation sites (tertiary alicyclic amines) is 1. The molecule has 298 valence electrons. The van der Waals surface area contributed by atoms with Gasteiger partial charge in [-0.1, -0.05) is 33.1 Å². The van der Waals surface area contributed by atoms with Gasteiger partial charge in [-0.3, -0.25) is 9.59 Å². The second kappa shape index (κ2) is 17.2. The van der Waals surface area contributed by atoms with Crippen molar-refractivity contribution < 1.29 is 37.0 Å². The lowest BCUT2D eigenvalue weighted by Crippen LogP contribution is -2.48. The fourth-order valence-electron chi connectivity index (χ4n) is 7.69. The number of rotatable bonds is 16. The maximum atomic E-state index is 15.6. The van der Waals surface area contributed by atoms with Crippen molar-refractivity contribution in [3.05, 3.63) is 29.7 Å². The average Bonchev–Trinajstić information content (AvgIpc) is 3.65. The molecule has 3 heterocycles. The van der Waals surface area contributed by atoms with E-state index in [4.69, 9.17) is 9.47 Å². The molecule has 0 bridgehead atoms. The summed E-state index contributed by atoms with van der Waals surface area (Å²) < 4.78 is 56.7. The van der Waals surface area contributed by atoms with Crippen LogP contribution in [0.4, 0.5) is 36.3 Å². The number of piperidine rings is 1. The highest BCUT2D eigenvalue weighted by Gasteiger charge is 2.49. The minimum atomic E-state index is -3.61. The molecule has 1 saturated carbocycles. The highest BCUT2D eigenvalue weighted by molar-refractivity contribution is 6.02. The summed E-state index contributed by atoms with van der Waals surface area (Å²) in [6, 6.07) is 2.13. The summed E-state index contributed by atoms with van der Waals surface area (Å²) in [5.41, 5.74) is -0.0329. The molecule has 12 nitrogen and oxygen atoms in total. The van der Waals surface area contributed by atoms with Gasteiger partial charge in [-0.2, -0.15) is 13.8 Å². The van der Waals surface area contributed by atoms with Gasteiger partial charge >= 0.3 is 5.92 Å². The molecule has 15 heteroatoms. The molecule has 0 atom stereocenters. The zero-order chi connectivity index (χ0) is 39.3. The van der Waals surface area contributed by atoms with Crippen molar-refractivity contribution in [2.75, 3.05) is 62.1 Å². The quantitative estimate of drug-likeness (QED) is 0.183. The zero-order valence-corrected chi connectivity index (χ0v) is 32.5. The summed E-state index contributed by atoms with van der Waals surface area (Å²) in [6.07, 6.45) is 10.7. The van der Waals surface area contributed by atoms with E-state index >= 15 is 4.39 Å². The average molecular weight is 760 g/mol. The van der Waals surface area contributed by atoms with Gasteiger partial charge in [-0.15, -0.1) is 0 Å². The van der Waals surface area contributed by atoms with E-state index in [1.165, 1.54) is 31.3 Å². The molecular formula is C39H56F3N7O5. The molecule has 2 aromatic rings. The zero-order valence-electron chi connectivity index (χ0n) is 32.5. The van der Waals surface area contributed by atoms with Crippen LogP contribution in [-0.4, -0.2) is 104 Å². The predicted octanol–water partition coefficient (Wildman–Crippen LogP) is 6.50. The number of carbonyl (C=O) groups excluding carboxylic acids is 3. The molecule has 2 N–H and O–H groups in total. The molecule has 1 aromatic carbocycles. The molecular weight excluding hydrogens is 703 g/mol. The second-order valence-corrected chi connectivity index (χ2v) is 16.3. The topological polar surface area (TPSA) is 129 Å². The Bertz CT molecular complexity index is 1640. The molecule has 2 fully saturated rings. The van der Waals surface area contributed by atoms with Gasteiger partial charge in [0.25, 0.3) is 11.8 Å². The van der Waals surface area contributed by atoms with Crippen LogP contribution in [0.25, 0.3) is 0 Å². The molecule has 0 unspecified atom stereocenters. The number of benzene rings is 1. The lowest BCUT2D eigenvalue weighted by molar-refractivity contribution is -0.140. The third kappa shape index (κ3) is 10.2. The van der Waals surface area contributed by atoms with E-state index in [-0.39, 0.29) is 64.2 Å². The number of hydrogen-bond acceptors (Lipinski definition) is 10. The van der Waals surface area contributed by atoms with Crippen LogP contribution in [0.3, 0.4) is 0 Å². The monoisotopic (exact) mass is 759 g/mol. The Hall–Kier alpha value is -3.98. The Balaban J connectivity index is 1.18. The normalized spacial score (nSPS) is 18.7. The number of amides is 2. The largest absolute Gasteiger partial charge is 0.495 e. The maximum Gasteiger partial charge on any atom is 0.342 e. The Kier molecular flexibility index (Phi) is 13.1. The number of aromatic nitrogens is 2. The van der Waals surface area contributed by atoms with Gasteiger partial charge < -0.3 is 39.6 Å². The molecule has 0 radical (unpaired) electrons. The molecule has 0 spiro atoms. The molecule has 2 amide bonds. The van der Waals surface area contributed by atoms with Crippen LogP contribution in [0, 0.1) is 11.2 Å². The highest BCUT2D eigenvalue weighted by Crippen LogP contribution is 2.40. The Morgan fingerprint density at radius 3 is 2.44 bits per heavy atom. The van der Waals surface area contributed by atoms with Gasteiger partial charge in [0.2, 0.25) is 5.95 Å². The van der Waals surface area contributed by atoms with Gasteiger partial charge in [0.1, 0.15) is 30.1 Å². The van der Waals surface area contributed by atoms with Crippen molar-refractivity contribution in [2.24, 2.45) is 5.41 Å². The van der Waals surface area contributed by atoms with E-state index in [1.807, 2.05) is 13.8 Å². The minimum absolute atomic E-state index is 0.00232. The number of methoxy groups -OCH3 is 1. The van der Waals surface area contributed by atoms with Gasteiger partial charge in [0.05, 0.1) is 36.7 Å². The number of halogens is 3. The molecule has 1 saturated heterocycles. The summed E-state index contributed by atoms with van der Waals surface area (Å²) in [5.74, 6) is -5.91. The summed E-state index contributed by atoms with van der Waals surface area (Å²) in [5, 5.41) is 5.93. The molecule has 54 heavy (non-hydrogen) atoms. The lowest BCUT2D eigenvalue weighted by atomic mass is 9.82. The van der Waals surface area contributed by atoms with Crippen LogP contribution < -0.4 is 25.2 Å². The van der Waals surface area contributed by atoms with Crippen molar-refractivity contribution in [3.63, 3.8) is 0 Å². The van der Waals surface area contributed by atoms with Crippen molar-refractivity contribution in [2.45, 2.75) is 116 Å². The Morgan fingerprint density at radius 1 is 1.07 bits per heavy atom. The van der Waals surface area contributed by atoms with Crippen LogP contribution in [0.2, 0.25) is 0 Å². The van der Waals surface area contributed by atoms with Crippen LogP contribution in [0.5, 0.6) is 5.75 Å². The minimum Gasteiger partial charge on any atom is -0.495 e. The predicted molar refractivity (Wildman–Crippen MR) is 201 cm³/mol. The number of ether oxygens (including phenoxy) is 2. The summed E-state index contributed by atoms with van der Waals surface area (Å²) in [4.78, 5) is 50.2. The highest BCUT2D eigenvalue weighted by atomic mass is 19.3. The lowest BCUT2D eigenvalue weighted by Gasteiger charge is -2.35. The number of anilines is 4. The van der Waals surface area contributed by atoms with Crippen LogP contribution in [0.1, 0.15) is 102 Å². The van der Waals surface area contributed by atoms with Crippen molar-refractivity contribution >= 4 is 41.2 Å². The fraction of sp³-hybridized carbons (Fsp3) is 0.667. The summed E-state index contributed by atoms with van der Waals surface area (Å²) in [6.45, 7) is 10.5. The number of nitrogens with one attached hydrogen (secondary N) is 2. The number of nitrogens with zero attached hydrogens (tertiary/aromatic N) is 5. The fourth-order valence-corrected chi connectivity index (χ4v) is 7.69. The maximum absolute atomic E-state index is 15.6. The smallest absolute Gasteiger partial charge is 0.342 e. The van der Waals surface area contributed by atoms with Crippen molar-refractivity contribution in [1.29, 1.82) is 0 Å². The Labute approximate surface area is 316 Å². The first-order valence-electron chi connectivity index (χ1n) is 19.1. The van der Waals surface area contributed by atoms with E-state index < -0.39 is 30.1 Å². The number of carbonyl (C=O) groups is 3. The van der Waals surface area contributed by atoms with E-state index in [1.54, 1.807) is 0 Å². The standard InChI is InChI=1S/C39H56F3N7O5/c1-37(2,14-9-15-38(3,4)54-21-20-50)16-19-48-17-12-26(13-18-48)44-34(51)28-22-32(53-6)30(23-29(28)40)45-36-43-24-31-33(46-36)49(27-10-7-8-11-27)25-39(41,42)35(52)47(31)5/h20,22-24,26-27H,7-19,21,25H2,1-6H3,(H,44,51)(H,43,45,46). The number of hydrogen-bond donors (Lipinski definition) is 2. The molecule has 5 rings (SSSR count). The summed E-state index contributed by atoms with van der Waals surface area (Å²) in [7, 11) is 2.67. The van der Waals surface area contributed by atoms with E-state index in [9.17, 15) is 23.2 Å². The first-order chi connectivity index (χ1) is 25.5. The summed E-state index contributed by atoms with van der Waals surface area (Å²) >= 11 is 0. The van der Waals surface area contributed by atoms with Crippen molar-refractivity contribution in [1.82, 2.24) is 20.2 Å². The van der Waals surface area contributed by atoms with Gasteiger partial charge in [-0.25, -0.2) is 9.37 Å². The third-order valence-corrected chi connectivity index (χ3v) is 11.1. The first-order valence-corrected chi connectivity index (χ1v) is 19.1. The molecule has 1 aliphatic carbocycles. The van der Waals surface area contributed by atoms with Crippen LogP contribution in [-0.2, 0) is 14.3 Å². The second-order valence-electron chi connectivity index (χ2n) is 16.3. The first kappa shape index (κ1) is 41.2. The Morgan fingerprint density at radius 2 is 1.78 bits per heavy atom. The molecule has 2 aliphatic heterocycles. The number of aldehydes is 1. The molecule has 3 aliphatic rings. The number of alkyl halides is 2. The van der Waals surface area contributed by atoms with Gasteiger partial charge in [-0.05, 0) is 76.8 Å². The van der Waals surface area contributed by atoms with E-state index in [0.717, 1.165) is 88.3 Å². The van der Waals surface area contributed by atoms with Crippen LogP contribution >= 0.6 is 0 Å². The third-order valence-electron chi connectivity index (χ3n) is 11.1. The van der Waals surface area contributed by atoms with Crippen LogP contribution in [0.15, 0.2) is 18.3 Å². The van der Waals surface area contributed by atoms with Crippen molar-refractivity contribution in [3.8, 4) is 5.75 Å². The number of fused-ring (bicyclic) bond motifs is 1. The van der Waals surface area contributed by atoms with Gasteiger partial charge in [0, 0.05) is 38.3 Å². The SMILES string of the molecule is COc1cc(C(=O)NC2CCN(CCC(C)(C)CCCC(C)(C)OCC=O)CC2)c(F)cc1Nc1ncc2c(n1)N(C1CCCC1)CC(F)(F)C(=O)N2C. The van der Waals surface area contributed by atoms with Gasteiger partial charge in [0.15, 0.2) is 5.82 Å².